The molecule has 2 aliphatic rings. The average Bonchev–Trinajstić information content (AvgIpc) is 2.80. The standard InChI is InChI=1S/C23H34O9S/c1-13-17(25-3)19(26-4)20(27-5)22(30-13)32-18-16(31-14(2)24)12-29-23(21(18)28-6)33-15-10-8-7-9-11-15/h7-11,13,16-23H,12H2,1-6H3/t13-,16+,17+,18-,19+,20-,21+,22-,23-/m0/s1. The Labute approximate surface area is 199 Å². The van der Waals surface area contributed by atoms with Gasteiger partial charge in [0.1, 0.15) is 36.0 Å². The molecular weight excluding hydrogens is 452 g/mol. The molecule has 0 saturated carbocycles. The molecule has 1 aromatic rings. The molecule has 0 N–H and O–H groups in total. The lowest BCUT2D eigenvalue weighted by molar-refractivity contribution is -0.335. The fourth-order valence-electron chi connectivity index (χ4n) is 4.28. The van der Waals surface area contributed by atoms with E-state index in [9.17, 15) is 4.79 Å². The number of rotatable bonds is 9. The van der Waals surface area contributed by atoms with Gasteiger partial charge in [0.15, 0.2) is 12.4 Å². The Morgan fingerprint density at radius 3 is 2.12 bits per heavy atom. The minimum absolute atomic E-state index is 0.156. The summed E-state index contributed by atoms with van der Waals surface area (Å²) in [4.78, 5) is 12.8. The van der Waals surface area contributed by atoms with Gasteiger partial charge in [0.05, 0.1) is 12.7 Å². The molecule has 2 aliphatic heterocycles. The first-order valence-electron chi connectivity index (χ1n) is 10.9. The second-order valence-electron chi connectivity index (χ2n) is 7.89. The minimum atomic E-state index is -0.803. The molecule has 0 aromatic heterocycles. The second-order valence-corrected chi connectivity index (χ2v) is 9.06. The molecule has 9 atom stereocenters. The van der Waals surface area contributed by atoms with E-state index in [1.807, 2.05) is 37.3 Å². The molecule has 2 fully saturated rings. The average molecular weight is 487 g/mol. The highest BCUT2D eigenvalue weighted by atomic mass is 32.2. The number of ether oxygens (including phenoxy) is 8. The van der Waals surface area contributed by atoms with Crippen molar-refractivity contribution in [2.24, 2.45) is 0 Å². The number of carbonyl (C=O) groups excluding carboxylic acids is 1. The van der Waals surface area contributed by atoms with Crippen molar-refractivity contribution >= 4 is 17.7 Å². The van der Waals surface area contributed by atoms with Crippen LogP contribution in [0.1, 0.15) is 13.8 Å². The smallest absolute Gasteiger partial charge is 0.303 e. The van der Waals surface area contributed by atoms with Gasteiger partial charge in [-0.15, -0.1) is 0 Å². The molecule has 1 aromatic carbocycles. The molecule has 33 heavy (non-hydrogen) atoms. The van der Waals surface area contributed by atoms with Gasteiger partial charge < -0.3 is 37.9 Å². The summed E-state index contributed by atoms with van der Waals surface area (Å²) in [6.07, 6.45) is -4.35. The quantitative estimate of drug-likeness (QED) is 0.484. The third kappa shape index (κ3) is 6.26. The SMILES string of the molecule is CO[C@H]1[C@H](OC)[C@H](O[C@@H]2[C@@H](OC)[C@H](Sc3ccccc3)OC[C@H]2OC(C)=O)O[C@@H](C)[C@H]1OC. The molecular formula is C23H34O9S. The summed E-state index contributed by atoms with van der Waals surface area (Å²) in [6.45, 7) is 3.39. The lowest BCUT2D eigenvalue weighted by Gasteiger charge is -2.47. The Bertz CT molecular complexity index is 736. The number of carbonyl (C=O) groups is 1. The number of benzene rings is 1. The van der Waals surface area contributed by atoms with Crippen LogP contribution in [0.5, 0.6) is 0 Å². The van der Waals surface area contributed by atoms with E-state index in [1.165, 1.54) is 18.7 Å². The lowest BCUT2D eigenvalue weighted by Crippen LogP contribution is -2.63. The molecule has 9 nitrogen and oxygen atoms in total. The highest BCUT2D eigenvalue weighted by molar-refractivity contribution is 7.99. The summed E-state index contributed by atoms with van der Waals surface area (Å²) in [5.74, 6) is -0.434. The Morgan fingerprint density at radius 1 is 0.909 bits per heavy atom. The summed E-state index contributed by atoms with van der Waals surface area (Å²) in [5, 5.41) is 0. The summed E-state index contributed by atoms with van der Waals surface area (Å²) in [7, 11) is 6.34. The third-order valence-electron chi connectivity index (χ3n) is 5.80. The molecule has 2 heterocycles. The lowest BCUT2D eigenvalue weighted by atomic mass is 9.98. The predicted octanol–water partition coefficient (Wildman–Crippen LogP) is 2.26. The summed E-state index contributed by atoms with van der Waals surface area (Å²) in [5.41, 5.74) is -0.388. The fraction of sp³-hybridized carbons (Fsp3) is 0.696. The largest absolute Gasteiger partial charge is 0.457 e. The van der Waals surface area contributed by atoms with Crippen molar-refractivity contribution in [2.45, 2.75) is 73.2 Å². The minimum Gasteiger partial charge on any atom is -0.457 e. The van der Waals surface area contributed by atoms with Crippen LogP contribution in [0.15, 0.2) is 35.2 Å². The normalized spacial score (nSPS) is 37.0. The molecule has 0 spiro atoms. The Hall–Kier alpha value is -1.24. The third-order valence-corrected chi connectivity index (χ3v) is 6.98. The van der Waals surface area contributed by atoms with Gasteiger partial charge in [-0.2, -0.15) is 0 Å². The van der Waals surface area contributed by atoms with Crippen LogP contribution in [-0.2, 0) is 42.7 Å². The van der Waals surface area contributed by atoms with E-state index in [0.29, 0.717) is 0 Å². The van der Waals surface area contributed by atoms with Crippen LogP contribution < -0.4 is 0 Å². The van der Waals surface area contributed by atoms with Gasteiger partial charge in [-0.3, -0.25) is 4.79 Å². The molecule has 0 bridgehead atoms. The van der Waals surface area contributed by atoms with Crippen LogP contribution >= 0.6 is 11.8 Å². The molecule has 186 valence electrons. The van der Waals surface area contributed by atoms with Crippen molar-refractivity contribution in [1.82, 2.24) is 0 Å². The Morgan fingerprint density at radius 2 is 1.55 bits per heavy atom. The fourth-order valence-corrected chi connectivity index (χ4v) is 5.41. The van der Waals surface area contributed by atoms with Crippen molar-refractivity contribution < 1.29 is 42.7 Å². The monoisotopic (exact) mass is 486 g/mol. The van der Waals surface area contributed by atoms with Crippen molar-refractivity contribution in [1.29, 1.82) is 0 Å². The zero-order valence-electron chi connectivity index (χ0n) is 19.9. The molecule has 0 radical (unpaired) electrons. The van der Waals surface area contributed by atoms with Crippen molar-refractivity contribution in [3.63, 3.8) is 0 Å². The predicted molar refractivity (Wildman–Crippen MR) is 120 cm³/mol. The Balaban J connectivity index is 1.85. The molecule has 0 unspecified atom stereocenters. The topological polar surface area (TPSA) is 90.9 Å². The number of esters is 1. The Kier molecular flexibility index (Phi) is 9.95. The van der Waals surface area contributed by atoms with E-state index in [0.717, 1.165) is 4.90 Å². The molecule has 10 heteroatoms. The maximum Gasteiger partial charge on any atom is 0.303 e. The maximum absolute atomic E-state index is 11.8. The van der Waals surface area contributed by atoms with Crippen molar-refractivity contribution in [3.8, 4) is 0 Å². The van der Waals surface area contributed by atoms with Crippen LogP contribution in [0.25, 0.3) is 0 Å². The number of thioether (sulfide) groups is 1. The van der Waals surface area contributed by atoms with E-state index in [2.05, 4.69) is 0 Å². The highest BCUT2D eigenvalue weighted by Gasteiger charge is 2.51. The van der Waals surface area contributed by atoms with Gasteiger partial charge in [0.25, 0.3) is 0 Å². The van der Waals surface area contributed by atoms with Crippen molar-refractivity contribution in [2.75, 3.05) is 35.0 Å². The van der Waals surface area contributed by atoms with Crippen LogP contribution in [0.3, 0.4) is 0 Å². The first-order chi connectivity index (χ1) is 15.9. The second kappa shape index (κ2) is 12.5. The zero-order valence-corrected chi connectivity index (χ0v) is 20.7. The van der Waals surface area contributed by atoms with Crippen LogP contribution in [0.2, 0.25) is 0 Å². The molecule has 2 saturated heterocycles. The van der Waals surface area contributed by atoms with Gasteiger partial charge in [-0.25, -0.2) is 0 Å². The highest BCUT2D eigenvalue weighted by Crippen LogP contribution is 2.36. The van der Waals surface area contributed by atoms with E-state index in [-0.39, 0.29) is 24.3 Å². The van der Waals surface area contributed by atoms with E-state index in [1.54, 1.807) is 28.4 Å². The summed E-state index contributed by atoms with van der Waals surface area (Å²) in [6, 6.07) is 9.86. The number of hydrogen-bond donors (Lipinski definition) is 0. The van der Waals surface area contributed by atoms with Crippen LogP contribution in [0.4, 0.5) is 0 Å². The van der Waals surface area contributed by atoms with Crippen LogP contribution in [0, 0.1) is 0 Å². The first kappa shape index (κ1) is 26.4. The van der Waals surface area contributed by atoms with Gasteiger partial charge >= 0.3 is 5.97 Å². The van der Waals surface area contributed by atoms with E-state index < -0.39 is 42.8 Å². The van der Waals surface area contributed by atoms with Gasteiger partial charge in [-0.1, -0.05) is 30.0 Å². The number of methoxy groups -OCH3 is 4. The number of hydrogen-bond acceptors (Lipinski definition) is 10. The molecule has 0 amide bonds. The van der Waals surface area contributed by atoms with Gasteiger partial charge in [0, 0.05) is 40.3 Å². The van der Waals surface area contributed by atoms with Gasteiger partial charge in [-0.05, 0) is 19.1 Å². The first-order valence-corrected chi connectivity index (χ1v) is 11.7. The summed E-state index contributed by atoms with van der Waals surface area (Å²) < 4.78 is 46.9. The van der Waals surface area contributed by atoms with Gasteiger partial charge in [0.2, 0.25) is 0 Å². The van der Waals surface area contributed by atoms with E-state index >= 15 is 0 Å². The maximum atomic E-state index is 11.8. The summed E-state index contributed by atoms with van der Waals surface area (Å²) >= 11 is 1.52. The molecule has 0 aliphatic carbocycles. The molecule has 3 rings (SSSR count). The van der Waals surface area contributed by atoms with Crippen molar-refractivity contribution in [3.05, 3.63) is 30.3 Å². The van der Waals surface area contributed by atoms with Crippen LogP contribution in [-0.4, -0.2) is 95.5 Å². The van der Waals surface area contributed by atoms with E-state index in [4.69, 9.17) is 37.9 Å². The zero-order chi connectivity index (χ0) is 24.0.